The van der Waals surface area contributed by atoms with E-state index in [1.165, 1.54) is 6.07 Å². The van der Waals surface area contributed by atoms with Crippen molar-refractivity contribution >= 4 is 5.97 Å². The summed E-state index contributed by atoms with van der Waals surface area (Å²) in [5, 5.41) is 12.5. The molecule has 0 saturated heterocycles. The van der Waals surface area contributed by atoms with Crippen LogP contribution in [-0.2, 0) is 0 Å². The monoisotopic (exact) mass is 303 g/mol. The minimum atomic E-state index is -1.10. The third-order valence-corrected chi connectivity index (χ3v) is 3.61. The van der Waals surface area contributed by atoms with Crippen LogP contribution in [0.2, 0.25) is 0 Å². The molecule has 0 unspecified atom stereocenters. The minimum absolute atomic E-state index is 0.0944. The number of carboxylic acids is 1. The Hall–Kier alpha value is -2.30. The van der Waals surface area contributed by atoms with Gasteiger partial charge in [0.25, 0.3) is 0 Å². The fraction of sp³-hybridized carbons (Fsp3) is 0.412. The number of carboxylic acid groups (broad SMARTS) is 1. The van der Waals surface area contributed by atoms with Crippen LogP contribution in [0.3, 0.4) is 0 Å². The topological polar surface area (TPSA) is 72.6 Å². The number of aromatic nitrogens is 1. The number of carbonyl (C=O) groups is 1. The van der Waals surface area contributed by atoms with Gasteiger partial charge >= 0.3 is 5.97 Å². The highest BCUT2D eigenvalue weighted by Crippen LogP contribution is 2.38. The zero-order valence-electron chi connectivity index (χ0n) is 13.5. The van der Waals surface area contributed by atoms with E-state index in [0.29, 0.717) is 5.76 Å². The average molecular weight is 303 g/mol. The van der Waals surface area contributed by atoms with Crippen molar-refractivity contribution in [1.82, 2.24) is 5.16 Å². The van der Waals surface area contributed by atoms with E-state index in [-0.39, 0.29) is 17.5 Å². The molecule has 118 valence electrons. The maximum Gasteiger partial charge on any atom is 0.358 e. The van der Waals surface area contributed by atoms with Gasteiger partial charge in [-0.05, 0) is 35.1 Å². The molecule has 0 saturated carbocycles. The highest BCUT2D eigenvalue weighted by Gasteiger charge is 2.19. The maximum absolute atomic E-state index is 11.0. The molecule has 1 heterocycles. The average Bonchev–Trinajstić information content (AvgIpc) is 2.95. The molecule has 1 N–H and O–H groups in total. The molecule has 2 aromatic rings. The molecular weight excluding hydrogens is 282 g/mol. The molecule has 0 aliphatic carbocycles. The maximum atomic E-state index is 11.0. The van der Waals surface area contributed by atoms with Crippen molar-refractivity contribution in [2.24, 2.45) is 0 Å². The van der Waals surface area contributed by atoms with Gasteiger partial charge < -0.3 is 14.4 Å². The molecule has 0 bridgehead atoms. The van der Waals surface area contributed by atoms with Crippen LogP contribution in [0.25, 0.3) is 11.3 Å². The number of hydrogen-bond acceptors (Lipinski definition) is 4. The molecule has 2 rings (SSSR count). The molecule has 0 radical (unpaired) electrons. The lowest BCUT2D eigenvalue weighted by atomic mass is 9.91. The third kappa shape index (κ3) is 2.98. The lowest BCUT2D eigenvalue weighted by molar-refractivity contribution is 0.0686. The van der Waals surface area contributed by atoms with Crippen LogP contribution in [0.1, 0.15) is 61.1 Å². The predicted molar refractivity (Wildman–Crippen MR) is 83.6 cm³/mol. The van der Waals surface area contributed by atoms with Gasteiger partial charge in [0.05, 0.1) is 7.11 Å². The Balaban J connectivity index is 2.63. The number of methoxy groups -OCH3 is 1. The van der Waals surface area contributed by atoms with Crippen molar-refractivity contribution in [3.05, 3.63) is 35.0 Å². The van der Waals surface area contributed by atoms with Crippen molar-refractivity contribution in [2.45, 2.75) is 39.5 Å². The Morgan fingerprint density at radius 1 is 1.14 bits per heavy atom. The van der Waals surface area contributed by atoms with Crippen LogP contribution in [0.15, 0.2) is 22.7 Å². The molecule has 5 heteroatoms. The van der Waals surface area contributed by atoms with E-state index >= 15 is 0 Å². The SMILES string of the molecule is COc1c(C(C)C)cc(-c2cc(C(=O)O)no2)cc1C(C)C. The zero-order valence-corrected chi connectivity index (χ0v) is 13.5. The van der Waals surface area contributed by atoms with E-state index in [1.54, 1.807) is 7.11 Å². The second-order valence-corrected chi connectivity index (χ2v) is 5.88. The molecule has 1 aromatic heterocycles. The van der Waals surface area contributed by atoms with E-state index in [2.05, 4.69) is 32.9 Å². The fourth-order valence-electron chi connectivity index (χ4n) is 2.42. The van der Waals surface area contributed by atoms with Crippen LogP contribution < -0.4 is 4.74 Å². The Kier molecular flexibility index (Phi) is 4.54. The van der Waals surface area contributed by atoms with Crippen molar-refractivity contribution in [3.8, 4) is 17.1 Å². The van der Waals surface area contributed by atoms with Gasteiger partial charge in [-0.3, -0.25) is 0 Å². The van der Waals surface area contributed by atoms with Crippen LogP contribution in [0, 0.1) is 0 Å². The van der Waals surface area contributed by atoms with Gasteiger partial charge in [-0.15, -0.1) is 0 Å². The van der Waals surface area contributed by atoms with Crippen molar-refractivity contribution in [1.29, 1.82) is 0 Å². The highest BCUT2D eigenvalue weighted by atomic mass is 16.5. The first kappa shape index (κ1) is 16.1. The van der Waals surface area contributed by atoms with Gasteiger partial charge in [0, 0.05) is 11.6 Å². The quantitative estimate of drug-likeness (QED) is 0.891. The first-order valence-electron chi connectivity index (χ1n) is 7.27. The summed E-state index contributed by atoms with van der Waals surface area (Å²) in [5.74, 6) is 0.774. The summed E-state index contributed by atoms with van der Waals surface area (Å²) in [5.41, 5.74) is 2.85. The number of aromatic carboxylic acids is 1. The first-order chi connectivity index (χ1) is 10.3. The van der Waals surface area contributed by atoms with Crippen LogP contribution in [0.4, 0.5) is 0 Å². The summed E-state index contributed by atoms with van der Waals surface area (Å²) in [7, 11) is 1.67. The van der Waals surface area contributed by atoms with Crippen molar-refractivity contribution in [3.63, 3.8) is 0 Å². The lowest BCUT2D eigenvalue weighted by Gasteiger charge is -2.19. The molecule has 5 nitrogen and oxygen atoms in total. The number of hydrogen-bond donors (Lipinski definition) is 1. The zero-order chi connectivity index (χ0) is 16.4. The molecule has 22 heavy (non-hydrogen) atoms. The lowest BCUT2D eigenvalue weighted by Crippen LogP contribution is -2.01. The predicted octanol–water partition coefficient (Wildman–Crippen LogP) is 4.30. The molecule has 0 amide bonds. The normalized spacial score (nSPS) is 11.2. The number of rotatable bonds is 5. The fourth-order valence-corrected chi connectivity index (χ4v) is 2.42. The molecule has 0 atom stereocenters. The van der Waals surface area contributed by atoms with Crippen molar-refractivity contribution < 1.29 is 19.2 Å². The second kappa shape index (κ2) is 6.22. The molecule has 0 spiro atoms. The van der Waals surface area contributed by atoms with E-state index in [9.17, 15) is 4.79 Å². The van der Waals surface area contributed by atoms with Gasteiger partial charge in [-0.25, -0.2) is 4.79 Å². The summed E-state index contributed by atoms with van der Waals surface area (Å²) in [4.78, 5) is 11.0. The Labute approximate surface area is 129 Å². The summed E-state index contributed by atoms with van der Waals surface area (Å²) in [6.07, 6.45) is 0. The largest absolute Gasteiger partial charge is 0.496 e. The molecule has 1 aromatic carbocycles. The van der Waals surface area contributed by atoms with Gasteiger partial charge in [-0.1, -0.05) is 32.9 Å². The Morgan fingerprint density at radius 2 is 1.68 bits per heavy atom. The third-order valence-electron chi connectivity index (χ3n) is 3.61. The standard InChI is InChI=1S/C17H21NO4/c1-9(2)12-6-11(7-13(10(3)4)16(12)21-5)15-8-14(17(19)20)18-22-15/h6-10H,1-5H3,(H,19,20). The Morgan fingerprint density at radius 3 is 2.05 bits per heavy atom. The van der Waals surface area contributed by atoms with Crippen LogP contribution >= 0.6 is 0 Å². The van der Waals surface area contributed by atoms with E-state index < -0.39 is 5.97 Å². The molecule has 0 aliphatic rings. The highest BCUT2D eigenvalue weighted by molar-refractivity contribution is 5.86. The summed E-state index contributed by atoms with van der Waals surface area (Å²) in [6, 6.07) is 5.39. The van der Waals surface area contributed by atoms with Crippen LogP contribution in [0.5, 0.6) is 5.75 Å². The van der Waals surface area contributed by atoms with Gasteiger partial charge in [-0.2, -0.15) is 0 Å². The number of benzene rings is 1. The molecular formula is C17H21NO4. The molecule has 0 aliphatic heterocycles. The second-order valence-electron chi connectivity index (χ2n) is 5.88. The summed E-state index contributed by atoms with van der Waals surface area (Å²) < 4.78 is 10.8. The van der Waals surface area contributed by atoms with E-state index in [0.717, 1.165) is 22.4 Å². The summed E-state index contributed by atoms with van der Waals surface area (Å²) in [6.45, 7) is 8.37. The number of ether oxygens (including phenoxy) is 1. The molecule has 0 fully saturated rings. The van der Waals surface area contributed by atoms with E-state index in [1.807, 2.05) is 12.1 Å². The van der Waals surface area contributed by atoms with Crippen molar-refractivity contribution in [2.75, 3.05) is 7.11 Å². The Bertz CT molecular complexity index is 657. The van der Waals surface area contributed by atoms with Gasteiger partial charge in [0.15, 0.2) is 11.5 Å². The first-order valence-corrected chi connectivity index (χ1v) is 7.27. The summed E-state index contributed by atoms with van der Waals surface area (Å²) >= 11 is 0. The minimum Gasteiger partial charge on any atom is -0.496 e. The van der Waals surface area contributed by atoms with Gasteiger partial charge in [0.1, 0.15) is 5.75 Å². The van der Waals surface area contributed by atoms with Crippen LogP contribution in [-0.4, -0.2) is 23.3 Å². The number of nitrogens with zero attached hydrogens (tertiary/aromatic N) is 1. The van der Waals surface area contributed by atoms with Gasteiger partial charge in [0.2, 0.25) is 0 Å². The van der Waals surface area contributed by atoms with E-state index in [4.69, 9.17) is 14.4 Å². The smallest absolute Gasteiger partial charge is 0.358 e.